The summed E-state index contributed by atoms with van der Waals surface area (Å²) in [5.41, 5.74) is -1.18. The number of hydrogen-bond acceptors (Lipinski definition) is 3. The van der Waals surface area contributed by atoms with Crippen LogP contribution in [-0.2, 0) is 14.3 Å². The van der Waals surface area contributed by atoms with E-state index >= 15 is 0 Å². The van der Waals surface area contributed by atoms with Crippen LogP contribution in [0.5, 0.6) is 0 Å². The molecule has 0 unspecified atom stereocenters. The Bertz CT molecular complexity index is 442. The smallest absolute Gasteiger partial charge is 0.238 e. The molecule has 4 nitrogen and oxygen atoms in total. The van der Waals surface area contributed by atoms with Gasteiger partial charge in [-0.25, -0.2) is 0 Å². The third-order valence-corrected chi connectivity index (χ3v) is 4.37. The van der Waals surface area contributed by atoms with E-state index < -0.39 is 11.0 Å². The Hall–Kier alpha value is -1.13. The summed E-state index contributed by atoms with van der Waals surface area (Å²) >= 11 is 0. The Morgan fingerprint density at radius 1 is 1.38 bits per heavy atom. The fourth-order valence-corrected chi connectivity index (χ4v) is 3.38. The van der Waals surface area contributed by atoms with Crippen LogP contribution in [0.1, 0.15) is 0 Å². The van der Waals surface area contributed by atoms with Crippen LogP contribution in [0.3, 0.4) is 0 Å². The van der Waals surface area contributed by atoms with Gasteiger partial charge >= 0.3 is 0 Å². The van der Waals surface area contributed by atoms with Gasteiger partial charge in [-0.3, -0.25) is 4.79 Å². The number of carbonyl (C=O) groups is 1. The van der Waals surface area contributed by atoms with E-state index in [-0.39, 0.29) is 18.1 Å². The Morgan fingerprint density at radius 2 is 2.25 bits per heavy atom. The molecule has 84 valence electrons. The molecule has 1 amide bonds. The zero-order valence-corrected chi connectivity index (χ0v) is 9.05. The standard InChI is InChI=1S/C12H13NO3/c1-13-8-2-4-11(10(13)14)6-15-7-12(11)5-3-9(8)16-12/h2-5,8-9H,6-7H2,1H3/t8-,9-,11+,12-/m0/s1. The quantitative estimate of drug-likeness (QED) is 0.543. The summed E-state index contributed by atoms with van der Waals surface area (Å²) < 4.78 is 11.6. The van der Waals surface area contributed by atoms with E-state index in [1.165, 1.54) is 0 Å². The third kappa shape index (κ3) is 0.701. The average Bonchev–Trinajstić information content (AvgIpc) is 2.79. The molecule has 5 aliphatic heterocycles. The third-order valence-electron chi connectivity index (χ3n) is 4.37. The number of hydrogen-bond donors (Lipinski definition) is 0. The lowest BCUT2D eigenvalue weighted by atomic mass is 9.70. The highest BCUT2D eigenvalue weighted by atomic mass is 16.6. The number of ether oxygens (including phenoxy) is 2. The predicted octanol–water partition coefficient (Wildman–Crippen LogP) is 0.107. The van der Waals surface area contributed by atoms with Crippen molar-refractivity contribution in [1.82, 2.24) is 4.90 Å². The molecule has 4 heteroatoms. The van der Waals surface area contributed by atoms with Crippen molar-refractivity contribution in [3.63, 3.8) is 0 Å². The van der Waals surface area contributed by atoms with Crippen LogP contribution in [0.4, 0.5) is 0 Å². The lowest BCUT2D eigenvalue weighted by molar-refractivity contribution is -0.143. The van der Waals surface area contributed by atoms with Crippen molar-refractivity contribution in [2.45, 2.75) is 17.7 Å². The minimum absolute atomic E-state index is 0.0173. The minimum atomic E-state index is -0.625. The van der Waals surface area contributed by atoms with Gasteiger partial charge in [-0.05, 0) is 0 Å². The number of carbonyl (C=O) groups excluding carboxylic acids is 1. The molecule has 0 aromatic heterocycles. The van der Waals surface area contributed by atoms with Crippen LogP contribution in [0.25, 0.3) is 0 Å². The SMILES string of the molecule is CN1C(=O)[C@]23C=C[C@H]1[C@@H]1C=C[C@@]2(COC3)O1. The molecule has 5 rings (SSSR count). The van der Waals surface area contributed by atoms with Crippen LogP contribution in [0.2, 0.25) is 0 Å². The second kappa shape index (κ2) is 2.41. The topological polar surface area (TPSA) is 38.8 Å². The zero-order valence-electron chi connectivity index (χ0n) is 9.05. The van der Waals surface area contributed by atoms with Gasteiger partial charge in [0.2, 0.25) is 5.91 Å². The lowest BCUT2D eigenvalue weighted by Crippen LogP contribution is -2.56. The Kier molecular flexibility index (Phi) is 1.35. The van der Waals surface area contributed by atoms with Crippen LogP contribution < -0.4 is 0 Å². The molecule has 0 radical (unpaired) electrons. The van der Waals surface area contributed by atoms with Gasteiger partial charge in [0.25, 0.3) is 0 Å². The van der Waals surface area contributed by atoms with Gasteiger partial charge in [0.1, 0.15) is 17.1 Å². The molecule has 5 aliphatic rings. The van der Waals surface area contributed by atoms with E-state index in [0.29, 0.717) is 13.2 Å². The molecule has 4 atom stereocenters. The first-order chi connectivity index (χ1) is 7.69. The summed E-state index contributed by atoms with van der Waals surface area (Å²) in [6, 6.07) is 0.0411. The fraction of sp³-hybridized carbons (Fsp3) is 0.583. The van der Waals surface area contributed by atoms with E-state index in [9.17, 15) is 4.79 Å². The molecular weight excluding hydrogens is 206 g/mol. The molecular formula is C12H13NO3. The van der Waals surface area contributed by atoms with Crippen molar-refractivity contribution in [1.29, 1.82) is 0 Å². The highest BCUT2D eigenvalue weighted by molar-refractivity contribution is 5.90. The van der Waals surface area contributed by atoms with Crippen LogP contribution in [0, 0.1) is 5.41 Å². The number of amides is 1. The summed E-state index contributed by atoms with van der Waals surface area (Å²) in [4.78, 5) is 14.3. The van der Waals surface area contributed by atoms with Crippen molar-refractivity contribution < 1.29 is 14.3 Å². The maximum atomic E-state index is 12.5. The van der Waals surface area contributed by atoms with Gasteiger partial charge in [-0.1, -0.05) is 24.3 Å². The maximum absolute atomic E-state index is 12.5. The second-order valence-electron chi connectivity index (χ2n) is 5.06. The zero-order chi connectivity index (χ0) is 11.0. The largest absolute Gasteiger partial charge is 0.376 e. The van der Waals surface area contributed by atoms with Crippen molar-refractivity contribution in [3.05, 3.63) is 24.3 Å². The van der Waals surface area contributed by atoms with Gasteiger partial charge in [-0.2, -0.15) is 0 Å². The first-order valence-electron chi connectivity index (χ1n) is 5.60. The minimum Gasteiger partial charge on any atom is -0.376 e. The number of likely N-dealkylation sites (N-methyl/N-ethyl adjacent to an activating group) is 1. The molecule has 2 fully saturated rings. The molecule has 16 heavy (non-hydrogen) atoms. The predicted molar refractivity (Wildman–Crippen MR) is 55.7 cm³/mol. The number of fused-ring (bicyclic) bond motifs is 1. The summed E-state index contributed by atoms with van der Waals surface area (Å²) in [5.74, 6) is 0.129. The van der Waals surface area contributed by atoms with E-state index in [2.05, 4.69) is 12.2 Å². The number of rotatable bonds is 0. The van der Waals surface area contributed by atoms with Gasteiger partial charge in [0.05, 0.1) is 19.3 Å². The van der Waals surface area contributed by atoms with E-state index in [0.717, 1.165) is 0 Å². The highest BCUT2D eigenvalue weighted by Crippen LogP contribution is 2.53. The summed E-state index contributed by atoms with van der Waals surface area (Å²) in [6.45, 7) is 0.910. The maximum Gasteiger partial charge on any atom is 0.238 e. The molecule has 0 aromatic rings. The van der Waals surface area contributed by atoms with E-state index in [1.807, 2.05) is 19.2 Å². The van der Waals surface area contributed by atoms with Crippen LogP contribution in [0.15, 0.2) is 24.3 Å². The van der Waals surface area contributed by atoms with E-state index in [1.54, 1.807) is 4.90 Å². The first kappa shape index (κ1) is 8.96. The van der Waals surface area contributed by atoms with Crippen molar-refractivity contribution in [3.8, 4) is 0 Å². The normalized spacial score (nSPS) is 52.3. The molecule has 0 saturated carbocycles. The fourth-order valence-electron chi connectivity index (χ4n) is 3.38. The molecule has 5 heterocycles. The summed E-state index contributed by atoms with van der Waals surface area (Å²) in [6.07, 6.45) is 8.19. The number of nitrogens with zero attached hydrogens (tertiary/aromatic N) is 1. The highest BCUT2D eigenvalue weighted by Gasteiger charge is 2.67. The monoisotopic (exact) mass is 219 g/mol. The van der Waals surface area contributed by atoms with Crippen LogP contribution in [-0.4, -0.2) is 48.8 Å². The Balaban J connectivity index is 2.02. The van der Waals surface area contributed by atoms with Gasteiger partial charge in [-0.15, -0.1) is 0 Å². The lowest BCUT2D eigenvalue weighted by Gasteiger charge is -2.39. The Labute approximate surface area is 93.5 Å². The molecule has 0 N–H and O–H groups in total. The van der Waals surface area contributed by atoms with Gasteiger partial charge in [0, 0.05) is 7.05 Å². The van der Waals surface area contributed by atoms with E-state index in [4.69, 9.17) is 9.47 Å². The molecule has 0 aromatic carbocycles. The van der Waals surface area contributed by atoms with Crippen molar-refractivity contribution >= 4 is 5.91 Å². The van der Waals surface area contributed by atoms with Crippen LogP contribution >= 0.6 is 0 Å². The van der Waals surface area contributed by atoms with Gasteiger partial charge in [0.15, 0.2) is 0 Å². The van der Waals surface area contributed by atoms with Gasteiger partial charge < -0.3 is 14.4 Å². The molecule has 0 aliphatic carbocycles. The first-order valence-corrected chi connectivity index (χ1v) is 5.60. The molecule has 2 saturated heterocycles. The summed E-state index contributed by atoms with van der Waals surface area (Å²) in [5, 5.41) is 0. The molecule has 4 bridgehead atoms. The van der Waals surface area contributed by atoms with Crippen molar-refractivity contribution in [2.75, 3.05) is 20.3 Å². The second-order valence-corrected chi connectivity index (χ2v) is 5.06. The van der Waals surface area contributed by atoms with Crippen molar-refractivity contribution in [2.24, 2.45) is 5.41 Å². The Morgan fingerprint density at radius 3 is 3.12 bits per heavy atom. The molecule has 2 spiro atoms. The summed E-state index contributed by atoms with van der Waals surface area (Å²) in [7, 11) is 1.85. The average molecular weight is 219 g/mol.